The van der Waals surface area contributed by atoms with E-state index in [1.807, 2.05) is 0 Å². The minimum absolute atomic E-state index is 0.139. The fraction of sp³-hybridized carbons (Fsp3) is 0.375. The zero-order chi connectivity index (χ0) is 18.2. The zero-order valence-electron chi connectivity index (χ0n) is 13.9. The second kappa shape index (κ2) is 6.57. The Morgan fingerprint density at radius 2 is 2.16 bits per heavy atom. The predicted molar refractivity (Wildman–Crippen MR) is 90.0 cm³/mol. The van der Waals surface area contributed by atoms with E-state index >= 15 is 0 Å². The molecule has 1 N–H and O–H groups in total. The van der Waals surface area contributed by atoms with Gasteiger partial charge in [-0.05, 0) is 36.8 Å². The van der Waals surface area contributed by atoms with E-state index in [2.05, 4.69) is 9.82 Å². The quantitative estimate of drug-likeness (QED) is 0.877. The Balaban J connectivity index is 1.85. The molecule has 0 unspecified atom stereocenters. The first-order chi connectivity index (χ1) is 11.7. The molecule has 2 heterocycles. The molecule has 1 aromatic heterocycles. The minimum Gasteiger partial charge on any atom is -0.331 e. The van der Waals surface area contributed by atoms with Gasteiger partial charge in [0.05, 0.1) is 24.5 Å². The number of halogens is 1. The van der Waals surface area contributed by atoms with Gasteiger partial charge >= 0.3 is 0 Å². The topological polar surface area (TPSA) is 84.3 Å². The van der Waals surface area contributed by atoms with Gasteiger partial charge in [-0.3, -0.25) is 9.48 Å². The Labute approximate surface area is 145 Å². The number of aromatic nitrogens is 2. The Hall–Kier alpha value is -2.26. The van der Waals surface area contributed by atoms with Crippen LogP contribution in [0.3, 0.4) is 0 Å². The molecular weight excluding hydrogens is 347 g/mol. The average Bonchev–Trinajstić information content (AvgIpc) is 2.99. The molecule has 0 fully saturated rings. The number of nitrogens with zero attached hydrogens (tertiary/aromatic N) is 3. The summed E-state index contributed by atoms with van der Waals surface area (Å²) in [5.74, 6) is -0.602. The lowest BCUT2D eigenvalue weighted by atomic mass is 10.1. The molecule has 0 aliphatic carbocycles. The molecule has 0 radical (unpaired) electrons. The van der Waals surface area contributed by atoms with Crippen molar-refractivity contribution in [1.29, 1.82) is 0 Å². The molecule has 0 saturated carbocycles. The van der Waals surface area contributed by atoms with Crippen LogP contribution in [0.15, 0.2) is 30.5 Å². The van der Waals surface area contributed by atoms with Crippen LogP contribution < -0.4 is 4.72 Å². The third kappa shape index (κ3) is 3.88. The van der Waals surface area contributed by atoms with Crippen LogP contribution in [0.5, 0.6) is 0 Å². The number of carbonyl (C=O) groups is 1. The molecule has 1 amide bonds. The number of benzene rings is 1. The molecule has 9 heteroatoms. The first-order valence-electron chi connectivity index (χ1n) is 7.77. The molecule has 1 atom stereocenters. The maximum absolute atomic E-state index is 13.3. The molecule has 1 aliphatic rings. The molecule has 0 bridgehead atoms. The van der Waals surface area contributed by atoms with Crippen LogP contribution >= 0.6 is 0 Å². The van der Waals surface area contributed by atoms with Crippen LogP contribution in [0.4, 0.5) is 4.39 Å². The van der Waals surface area contributed by atoms with Crippen molar-refractivity contribution in [3.05, 3.63) is 53.1 Å². The number of nitrogens with one attached hydrogen (secondary N) is 1. The fourth-order valence-electron chi connectivity index (χ4n) is 2.98. The van der Waals surface area contributed by atoms with E-state index in [0.717, 1.165) is 11.9 Å². The van der Waals surface area contributed by atoms with Gasteiger partial charge in [0, 0.05) is 24.8 Å². The van der Waals surface area contributed by atoms with E-state index in [1.165, 1.54) is 18.2 Å². The Morgan fingerprint density at radius 3 is 2.84 bits per heavy atom. The first-order valence-corrected chi connectivity index (χ1v) is 9.66. The Bertz CT molecular complexity index is 910. The smallest absolute Gasteiger partial charge is 0.254 e. The predicted octanol–water partition coefficient (Wildman–Crippen LogP) is 1.08. The highest BCUT2D eigenvalue weighted by Gasteiger charge is 2.30. The van der Waals surface area contributed by atoms with Gasteiger partial charge in [0.2, 0.25) is 10.0 Å². The van der Waals surface area contributed by atoms with Crippen molar-refractivity contribution >= 4 is 15.9 Å². The van der Waals surface area contributed by atoms with Crippen molar-refractivity contribution in [2.45, 2.75) is 19.5 Å². The van der Waals surface area contributed by atoms with Crippen molar-refractivity contribution in [3.63, 3.8) is 0 Å². The number of sulfonamides is 1. The van der Waals surface area contributed by atoms with Crippen LogP contribution in [0.1, 0.15) is 27.7 Å². The summed E-state index contributed by atoms with van der Waals surface area (Å²) in [5, 5.41) is 4.23. The third-order valence-electron chi connectivity index (χ3n) is 4.17. The maximum atomic E-state index is 13.3. The maximum Gasteiger partial charge on any atom is 0.254 e. The van der Waals surface area contributed by atoms with Crippen LogP contribution in [0.25, 0.3) is 0 Å². The van der Waals surface area contributed by atoms with Crippen LogP contribution in [-0.4, -0.2) is 48.4 Å². The largest absolute Gasteiger partial charge is 0.331 e. The van der Waals surface area contributed by atoms with E-state index in [4.69, 9.17) is 0 Å². The number of hydrogen-bond donors (Lipinski definition) is 1. The number of amides is 1. The van der Waals surface area contributed by atoms with E-state index in [9.17, 15) is 17.6 Å². The average molecular weight is 366 g/mol. The lowest BCUT2D eigenvalue weighted by Gasteiger charge is -2.34. The van der Waals surface area contributed by atoms with E-state index in [1.54, 1.807) is 28.8 Å². The second-order valence-electron chi connectivity index (χ2n) is 6.19. The summed E-state index contributed by atoms with van der Waals surface area (Å²) in [5.41, 5.74) is 1.82. The molecule has 1 aliphatic heterocycles. The summed E-state index contributed by atoms with van der Waals surface area (Å²) in [6, 6.07) is 5.55. The summed E-state index contributed by atoms with van der Waals surface area (Å²) in [7, 11) is -3.35. The summed E-state index contributed by atoms with van der Waals surface area (Å²) >= 11 is 0. The summed E-state index contributed by atoms with van der Waals surface area (Å²) < 4.78 is 40.2. The standard InChI is InChI=1S/C16H19FN4O3S/c1-11-7-12(17)3-4-15(11)16(22)20-9-13-5-6-18-21(13)14(10-20)8-19-25(2,23)24/h3-7,14,19H,8-10H2,1-2H3/t14-/m0/s1. The van der Waals surface area contributed by atoms with Gasteiger partial charge < -0.3 is 4.90 Å². The lowest BCUT2D eigenvalue weighted by Crippen LogP contribution is -2.45. The highest BCUT2D eigenvalue weighted by molar-refractivity contribution is 7.88. The van der Waals surface area contributed by atoms with Gasteiger partial charge in [0.1, 0.15) is 5.82 Å². The fourth-order valence-corrected chi connectivity index (χ4v) is 3.47. The van der Waals surface area contributed by atoms with Crippen molar-refractivity contribution < 1.29 is 17.6 Å². The van der Waals surface area contributed by atoms with Crippen LogP contribution in [0.2, 0.25) is 0 Å². The van der Waals surface area contributed by atoms with Crippen molar-refractivity contribution in [3.8, 4) is 0 Å². The molecule has 2 aromatic rings. The van der Waals surface area contributed by atoms with Gasteiger partial charge in [0.15, 0.2) is 0 Å². The number of fused-ring (bicyclic) bond motifs is 1. The molecule has 25 heavy (non-hydrogen) atoms. The number of aryl methyl sites for hydroxylation is 1. The number of carbonyl (C=O) groups excluding carboxylic acids is 1. The lowest BCUT2D eigenvalue weighted by molar-refractivity contribution is 0.0670. The molecule has 3 rings (SSSR count). The van der Waals surface area contributed by atoms with Crippen molar-refractivity contribution in [2.24, 2.45) is 0 Å². The van der Waals surface area contributed by atoms with Crippen LogP contribution in [0, 0.1) is 12.7 Å². The third-order valence-corrected chi connectivity index (χ3v) is 4.86. The molecule has 7 nitrogen and oxygen atoms in total. The highest BCUT2D eigenvalue weighted by Crippen LogP contribution is 2.23. The van der Waals surface area contributed by atoms with Crippen LogP contribution in [-0.2, 0) is 16.6 Å². The monoisotopic (exact) mass is 366 g/mol. The van der Waals surface area contributed by atoms with Gasteiger partial charge in [-0.2, -0.15) is 5.10 Å². The van der Waals surface area contributed by atoms with E-state index < -0.39 is 10.0 Å². The molecule has 0 spiro atoms. The van der Waals surface area contributed by atoms with E-state index in [0.29, 0.717) is 24.2 Å². The summed E-state index contributed by atoms with van der Waals surface area (Å²) in [6.07, 6.45) is 2.71. The van der Waals surface area contributed by atoms with Gasteiger partial charge in [-0.25, -0.2) is 17.5 Å². The Morgan fingerprint density at radius 1 is 1.40 bits per heavy atom. The van der Waals surface area contributed by atoms with Gasteiger partial charge in [-0.1, -0.05) is 0 Å². The molecular formula is C16H19FN4O3S. The number of rotatable bonds is 4. The first kappa shape index (κ1) is 17.6. The van der Waals surface area contributed by atoms with Crippen molar-refractivity contribution in [2.75, 3.05) is 19.3 Å². The summed E-state index contributed by atoms with van der Waals surface area (Å²) in [4.78, 5) is 14.5. The Kier molecular flexibility index (Phi) is 4.61. The summed E-state index contributed by atoms with van der Waals surface area (Å²) in [6.45, 7) is 2.50. The van der Waals surface area contributed by atoms with Crippen molar-refractivity contribution in [1.82, 2.24) is 19.4 Å². The molecule has 0 saturated heterocycles. The normalized spacial score (nSPS) is 17.4. The number of hydrogen-bond acceptors (Lipinski definition) is 4. The van der Waals surface area contributed by atoms with Gasteiger partial charge in [0.25, 0.3) is 5.91 Å². The zero-order valence-corrected chi connectivity index (χ0v) is 14.8. The minimum atomic E-state index is -3.35. The second-order valence-corrected chi connectivity index (χ2v) is 8.02. The molecule has 134 valence electrons. The van der Waals surface area contributed by atoms with E-state index in [-0.39, 0.29) is 24.3 Å². The molecule has 1 aromatic carbocycles. The highest BCUT2D eigenvalue weighted by atomic mass is 32.2. The SMILES string of the molecule is Cc1cc(F)ccc1C(=O)N1Cc2ccnn2[C@@H](CNS(C)(=O)=O)C1. The van der Waals surface area contributed by atoms with Gasteiger partial charge in [-0.15, -0.1) is 0 Å².